The van der Waals surface area contributed by atoms with E-state index in [9.17, 15) is 22.4 Å². The first-order valence-electron chi connectivity index (χ1n) is 11.8. The highest BCUT2D eigenvalue weighted by Crippen LogP contribution is 2.27. The van der Waals surface area contributed by atoms with Crippen LogP contribution in [0.3, 0.4) is 0 Å². The molecule has 11 heteroatoms. The van der Waals surface area contributed by atoms with Crippen LogP contribution in [0.15, 0.2) is 77.7 Å². The van der Waals surface area contributed by atoms with Gasteiger partial charge in [-0.05, 0) is 80.1 Å². The van der Waals surface area contributed by atoms with E-state index < -0.39 is 40.2 Å². The van der Waals surface area contributed by atoms with Crippen molar-refractivity contribution >= 4 is 39.1 Å². The summed E-state index contributed by atoms with van der Waals surface area (Å²) in [5, 5.41) is 2.87. The zero-order valence-corrected chi connectivity index (χ0v) is 22.8. The molecule has 0 unspecified atom stereocenters. The monoisotopic (exact) mass is 561 g/mol. The lowest BCUT2D eigenvalue weighted by atomic mass is 10.1. The third-order valence-electron chi connectivity index (χ3n) is 5.80. The van der Waals surface area contributed by atoms with Gasteiger partial charge in [0.05, 0.1) is 17.2 Å². The minimum Gasteiger partial charge on any atom is -0.494 e. The first-order chi connectivity index (χ1) is 18.1. The quantitative estimate of drug-likeness (QED) is 0.378. The van der Waals surface area contributed by atoms with Gasteiger partial charge in [-0.1, -0.05) is 23.7 Å². The molecule has 0 heterocycles. The second kappa shape index (κ2) is 12.7. The average molecular weight is 562 g/mol. The lowest BCUT2D eigenvalue weighted by Gasteiger charge is -2.31. The van der Waals surface area contributed by atoms with E-state index in [4.69, 9.17) is 16.3 Å². The summed E-state index contributed by atoms with van der Waals surface area (Å²) in [7, 11) is -2.78. The highest BCUT2D eigenvalue weighted by atomic mass is 35.5. The molecule has 3 aromatic carbocycles. The van der Waals surface area contributed by atoms with E-state index in [0.29, 0.717) is 22.9 Å². The maximum Gasteiger partial charge on any atom is 0.264 e. The number of hydrogen-bond acceptors (Lipinski definition) is 5. The number of carbonyl (C=O) groups is 2. The standard InChI is InChI=1S/C27H29ClFN3O5S/c1-4-37-24-13-11-23(12-14-24)32(38(35,36)25-15-7-21(28)8-16-25)18-26(33)31(19(2)27(34)30-3)17-20-5-9-22(29)10-6-20/h5-16,19H,4,17-18H2,1-3H3,(H,30,34)/t19-/m1/s1. The van der Waals surface area contributed by atoms with E-state index in [1.807, 2.05) is 6.92 Å². The fraction of sp³-hybridized carbons (Fsp3) is 0.259. The fourth-order valence-electron chi connectivity index (χ4n) is 3.72. The van der Waals surface area contributed by atoms with E-state index in [0.717, 1.165) is 4.31 Å². The molecular formula is C27H29ClFN3O5S. The summed E-state index contributed by atoms with van der Waals surface area (Å²) in [6, 6.07) is 16.5. The van der Waals surface area contributed by atoms with Gasteiger partial charge < -0.3 is 15.0 Å². The molecule has 0 bridgehead atoms. The number of benzene rings is 3. The summed E-state index contributed by atoms with van der Waals surface area (Å²) >= 11 is 5.95. The average Bonchev–Trinajstić information content (AvgIpc) is 2.91. The van der Waals surface area contributed by atoms with Crippen molar-refractivity contribution in [2.24, 2.45) is 0 Å². The highest BCUT2D eigenvalue weighted by Gasteiger charge is 2.32. The number of amides is 2. The third-order valence-corrected chi connectivity index (χ3v) is 7.84. The van der Waals surface area contributed by atoms with E-state index in [-0.39, 0.29) is 17.1 Å². The SMILES string of the molecule is CCOc1ccc(N(CC(=O)N(Cc2ccc(F)cc2)[C@H](C)C(=O)NC)S(=O)(=O)c2ccc(Cl)cc2)cc1. The second-order valence-electron chi connectivity index (χ2n) is 8.33. The molecule has 3 aromatic rings. The molecule has 202 valence electrons. The molecule has 0 radical (unpaired) electrons. The van der Waals surface area contributed by atoms with E-state index in [2.05, 4.69) is 5.32 Å². The number of ether oxygens (including phenoxy) is 1. The van der Waals surface area contributed by atoms with Gasteiger partial charge in [0.15, 0.2) is 0 Å². The first-order valence-corrected chi connectivity index (χ1v) is 13.6. The van der Waals surface area contributed by atoms with Crippen molar-refractivity contribution in [2.45, 2.75) is 31.3 Å². The Bertz CT molecular complexity index is 1350. The maximum absolute atomic E-state index is 13.7. The Balaban J connectivity index is 2.02. The topological polar surface area (TPSA) is 96.0 Å². The molecule has 0 aliphatic carbocycles. The molecule has 0 aromatic heterocycles. The van der Waals surface area contributed by atoms with Crippen LogP contribution in [0.5, 0.6) is 5.75 Å². The van der Waals surface area contributed by atoms with Crippen molar-refractivity contribution < 1.29 is 27.1 Å². The normalized spacial score (nSPS) is 11.9. The Hall–Kier alpha value is -3.63. The number of sulfonamides is 1. The van der Waals surface area contributed by atoms with Gasteiger partial charge in [-0.2, -0.15) is 0 Å². The molecule has 0 saturated carbocycles. The van der Waals surface area contributed by atoms with Crippen molar-refractivity contribution in [3.63, 3.8) is 0 Å². The zero-order valence-electron chi connectivity index (χ0n) is 21.2. The number of nitrogens with one attached hydrogen (secondary N) is 1. The summed E-state index contributed by atoms with van der Waals surface area (Å²) in [5.74, 6) is -0.968. The van der Waals surface area contributed by atoms with Crippen molar-refractivity contribution in [1.82, 2.24) is 10.2 Å². The second-order valence-corrected chi connectivity index (χ2v) is 10.6. The third kappa shape index (κ3) is 7.02. The molecule has 1 N–H and O–H groups in total. The van der Waals surface area contributed by atoms with E-state index in [1.54, 1.807) is 12.1 Å². The van der Waals surface area contributed by atoms with Crippen LogP contribution in [-0.4, -0.2) is 51.4 Å². The minimum atomic E-state index is -4.22. The summed E-state index contributed by atoms with van der Waals surface area (Å²) in [6.45, 7) is 3.16. The van der Waals surface area contributed by atoms with Crippen LogP contribution in [0, 0.1) is 5.82 Å². The van der Waals surface area contributed by atoms with Crippen LogP contribution in [0.1, 0.15) is 19.4 Å². The molecule has 38 heavy (non-hydrogen) atoms. The molecule has 0 spiro atoms. The molecular weight excluding hydrogens is 533 g/mol. The molecule has 8 nitrogen and oxygen atoms in total. The number of halogens is 2. The van der Waals surface area contributed by atoms with Crippen LogP contribution in [-0.2, 0) is 26.2 Å². The molecule has 2 amide bonds. The number of anilines is 1. The van der Waals surface area contributed by atoms with Gasteiger partial charge in [-0.15, -0.1) is 0 Å². The molecule has 0 aliphatic rings. The van der Waals surface area contributed by atoms with Gasteiger partial charge in [0.1, 0.15) is 24.2 Å². The smallest absolute Gasteiger partial charge is 0.264 e. The van der Waals surface area contributed by atoms with Gasteiger partial charge in [0, 0.05) is 18.6 Å². The number of likely N-dealkylation sites (N-methyl/N-ethyl adjacent to an activating group) is 1. The predicted octanol–water partition coefficient (Wildman–Crippen LogP) is 4.24. The Morgan fingerprint density at radius 1 is 1.00 bits per heavy atom. The van der Waals surface area contributed by atoms with Crippen LogP contribution >= 0.6 is 11.6 Å². The highest BCUT2D eigenvalue weighted by molar-refractivity contribution is 7.92. The van der Waals surface area contributed by atoms with Gasteiger partial charge in [0.25, 0.3) is 10.0 Å². The molecule has 0 fully saturated rings. The number of hydrogen-bond donors (Lipinski definition) is 1. The Morgan fingerprint density at radius 2 is 1.61 bits per heavy atom. The summed E-state index contributed by atoms with van der Waals surface area (Å²) < 4.78 is 47.3. The fourth-order valence-corrected chi connectivity index (χ4v) is 5.26. The van der Waals surface area contributed by atoms with Gasteiger partial charge in [0.2, 0.25) is 11.8 Å². The van der Waals surface area contributed by atoms with Gasteiger partial charge >= 0.3 is 0 Å². The lowest BCUT2D eigenvalue weighted by molar-refractivity contribution is -0.139. The summed E-state index contributed by atoms with van der Waals surface area (Å²) in [5.41, 5.74) is 0.801. The number of nitrogens with zero attached hydrogens (tertiary/aromatic N) is 2. The van der Waals surface area contributed by atoms with Crippen molar-refractivity contribution in [3.05, 3.63) is 89.2 Å². The Kier molecular flexibility index (Phi) is 9.71. The summed E-state index contributed by atoms with van der Waals surface area (Å²) in [4.78, 5) is 27.4. The number of rotatable bonds is 11. The largest absolute Gasteiger partial charge is 0.494 e. The van der Waals surface area contributed by atoms with Gasteiger partial charge in [-0.25, -0.2) is 12.8 Å². The molecule has 0 saturated heterocycles. The Morgan fingerprint density at radius 3 is 2.16 bits per heavy atom. The Labute approximate surface area is 227 Å². The van der Waals surface area contributed by atoms with Gasteiger partial charge in [-0.3, -0.25) is 13.9 Å². The van der Waals surface area contributed by atoms with Crippen LogP contribution in [0.4, 0.5) is 10.1 Å². The van der Waals surface area contributed by atoms with E-state index in [1.165, 1.54) is 79.5 Å². The van der Waals surface area contributed by atoms with Crippen molar-refractivity contribution in [1.29, 1.82) is 0 Å². The minimum absolute atomic E-state index is 0.0359. The molecule has 0 aliphatic heterocycles. The summed E-state index contributed by atoms with van der Waals surface area (Å²) in [6.07, 6.45) is 0. The molecule has 1 atom stereocenters. The number of carbonyl (C=O) groups excluding carboxylic acids is 2. The van der Waals surface area contributed by atoms with Crippen LogP contribution < -0.4 is 14.4 Å². The zero-order chi connectivity index (χ0) is 27.9. The van der Waals surface area contributed by atoms with Crippen LogP contribution in [0.2, 0.25) is 5.02 Å². The van der Waals surface area contributed by atoms with Crippen LogP contribution in [0.25, 0.3) is 0 Å². The predicted molar refractivity (Wildman–Crippen MR) is 144 cm³/mol. The van der Waals surface area contributed by atoms with Crippen molar-refractivity contribution in [2.75, 3.05) is 24.5 Å². The first kappa shape index (κ1) is 28.9. The maximum atomic E-state index is 13.7. The van der Waals surface area contributed by atoms with E-state index >= 15 is 0 Å². The molecule has 3 rings (SSSR count). The lowest BCUT2D eigenvalue weighted by Crippen LogP contribution is -2.50. The van der Waals surface area contributed by atoms with Crippen molar-refractivity contribution in [3.8, 4) is 5.75 Å².